The smallest absolute Gasteiger partial charge is 0.256 e. The number of fused-ring (bicyclic) bond motifs is 1. The van der Waals surface area contributed by atoms with Gasteiger partial charge in [0.1, 0.15) is 18.3 Å². The quantitative estimate of drug-likeness (QED) is 0.409. The molecule has 0 bridgehead atoms. The second kappa shape index (κ2) is 11.8. The van der Waals surface area contributed by atoms with Crippen LogP contribution < -0.4 is 14.5 Å². The van der Waals surface area contributed by atoms with Crippen LogP contribution in [0, 0.1) is 0 Å². The number of piperazine rings is 1. The summed E-state index contributed by atoms with van der Waals surface area (Å²) in [6.45, 7) is 5.59. The van der Waals surface area contributed by atoms with Crippen molar-refractivity contribution < 1.29 is 17.6 Å². The summed E-state index contributed by atoms with van der Waals surface area (Å²) in [7, 11) is -3.61. The van der Waals surface area contributed by atoms with Crippen molar-refractivity contribution in [2.45, 2.75) is 31.7 Å². The number of anilines is 3. The van der Waals surface area contributed by atoms with Gasteiger partial charge < -0.3 is 14.7 Å². The average Bonchev–Trinajstić information content (AvgIpc) is 3.36. The topological polar surface area (TPSA) is 106 Å². The Morgan fingerprint density at radius 3 is 2.50 bits per heavy atom. The summed E-state index contributed by atoms with van der Waals surface area (Å²) in [4.78, 5) is 27.4. The first kappa shape index (κ1) is 28.9. The molecule has 1 aromatic carbocycles. The number of likely N-dealkylation sites (tertiary alicyclic amines) is 1. The summed E-state index contributed by atoms with van der Waals surface area (Å²) in [5.74, 6) is 1.55. The Balaban J connectivity index is 1.35. The van der Waals surface area contributed by atoms with E-state index in [1.165, 1.54) is 12.1 Å². The zero-order chi connectivity index (χ0) is 29.4. The van der Waals surface area contributed by atoms with E-state index in [-0.39, 0.29) is 29.9 Å². The first-order valence-corrected chi connectivity index (χ1v) is 16.7. The fourth-order valence-corrected chi connectivity index (χ4v) is 6.75. The van der Waals surface area contributed by atoms with Crippen LogP contribution in [-0.4, -0.2) is 104 Å². The number of hydrogen-bond acceptors (Lipinski definition) is 8. The number of benzene rings is 1. The van der Waals surface area contributed by atoms with Crippen LogP contribution in [0.4, 0.5) is 21.7 Å². The number of halogens is 2. The number of piperidine rings is 1. The lowest BCUT2D eigenvalue weighted by molar-refractivity contribution is 0.0607. The van der Waals surface area contributed by atoms with Crippen molar-refractivity contribution in [3.63, 3.8) is 0 Å². The fraction of sp³-hybridized carbons (Fsp3) is 0.536. The molecular formula is C28H36ClFN8O3S. The first-order valence-electron chi connectivity index (χ1n) is 14.5. The highest BCUT2D eigenvalue weighted by molar-refractivity contribution is 7.92. The van der Waals surface area contributed by atoms with E-state index in [0.717, 1.165) is 94.2 Å². The van der Waals surface area contributed by atoms with Gasteiger partial charge in [0.15, 0.2) is 5.65 Å². The third-order valence-electron chi connectivity index (χ3n) is 8.30. The molecule has 1 unspecified atom stereocenters. The number of amides is 1. The maximum Gasteiger partial charge on any atom is 0.256 e. The monoisotopic (exact) mass is 618 g/mol. The van der Waals surface area contributed by atoms with Crippen molar-refractivity contribution in [3.8, 4) is 0 Å². The van der Waals surface area contributed by atoms with E-state index in [4.69, 9.17) is 21.7 Å². The Morgan fingerprint density at radius 1 is 1.02 bits per heavy atom. The normalized spacial score (nSPS) is 20.2. The number of hydrogen-bond donors (Lipinski definition) is 1. The van der Waals surface area contributed by atoms with Crippen LogP contribution in [0.5, 0.6) is 0 Å². The van der Waals surface area contributed by atoms with Gasteiger partial charge in [0.2, 0.25) is 10.0 Å². The van der Waals surface area contributed by atoms with Crippen molar-refractivity contribution >= 4 is 50.5 Å². The highest BCUT2D eigenvalue weighted by Crippen LogP contribution is 2.35. The number of carbonyl (C=O) groups excluding carboxylic acids is 1. The van der Waals surface area contributed by atoms with Gasteiger partial charge in [-0.05, 0) is 43.9 Å². The molecule has 226 valence electrons. The number of alkyl halides is 1. The average molecular weight is 619 g/mol. The number of aromatic nitrogens is 3. The highest BCUT2D eigenvalue weighted by Gasteiger charge is 2.33. The molecule has 42 heavy (non-hydrogen) atoms. The maximum atomic E-state index is 14.0. The van der Waals surface area contributed by atoms with Crippen molar-refractivity contribution in [3.05, 3.63) is 46.6 Å². The Morgan fingerprint density at radius 2 is 1.81 bits per heavy atom. The van der Waals surface area contributed by atoms with Crippen LogP contribution in [0.1, 0.15) is 47.8 Å². The van der Waals surface area contributed by atoms with Crippen LogP contribution in [0.25, 0.3) is 5.65 Å². The van der Waals surface area contributed by atoms with Gasteiger partial charge in [0.05, 0.1) is 29.2 Å². The molecule has 0 saturated carbocycles. The van der Waals surface area contributed by atoms with Crippen LogP contribution in [-0.2, 0) is 10.0 Å². The zero-order valence-corrected chi connectivity index (χ0v) is 25.2. The minimum Gasteiger partial charge on any atom is -0.356 e. The molecular weight excluding hydrogens is 583 g/mol. The van der Waals surface area contributed by atoms with E-state index in [2.05, 4.69) is 25.5 Å². The largest absolute Gasteiger partial charge is 0.356 e. The SMILES string of the molecule is CS(=O)(=O)Nc1ccc(Cl)cc1C(=O)N1CCCCC1c1cc2nc(N3CCC3)cc(N3CCN(CCF)CC3)n2n1. The van der Waals surface area contributed by atoms with Crippen LogP contribution in [0.15, 0.2) is 30.3 Å². The Kier molecular flexibility index (Phi) is 8.16. The molecule has 2 aromatic heterocycles. The molecule has 14 heteroatoms. The Hall–Kier alpha value is -3.16. The molecule has 3 aliphatic rings. The molecule has 3 fully saturated rings. The molecule has 1 amide bonds. The number of sulfonamides is 1. The van der Waals surface area contributed by atoms with Crippen molar-refractivity contribution in [2.24, 2.45) is 0 Å². The van der Waals surface area contributed by atoms with E-state index < -0.39 is 10.0 Å². The second-order valence-electron chi connectivity index (χ2n) is 11.2. The van der Waals surface area contributed by atoms with Gasteiger partial charge in [-0.15, -0.1) is 0 Å². The van der Waals surface area contributed by atoms with E-state index in [9.17, 15) is 17.6 Å². The van der Waals surface area contributed by atoms with Crippen molar-refractivity contribution in [1.82, 2.24) is 24.4 Å². The fourth-order valence-electron chi connectivity index (χ4n) is 6.00. The second-order valence-corrected chi connectivity index (χ2v) is 13.4. The zero-order valence-electron chi connectivity index (χ0n) is 23.7. The van der Waals surface area contributed by atoms with Crippen molar-refractivity contribution in [1.29, 1.82) is 0 Å². The van der Waals surface area contributed by atoms with E-state index in [1.54, 1.807) is 11.0 Å². The van der Waals surface area contributed by atoms with E-state index >= 15 is 0 Å². The standard InChI is InChI=1S/C28H36ClFN8O3S/c1-42(40,41)33-22-7-6-20(29)17-21(22)28(39)37-11-3-2-5-24(37)23-18-26-31-25(35-9-4-10-35)19-27(38(26)32-23)36-15-13-34(12-8-30)14-16-36/h6-7,17-19,24,33H,2-5,8-16H2,1H3. The molecule has 0 radical (unpaired) electrons. The van der Waals surface area contributed by atoms with Gasteiger partial charge in [0, 0.05) is 69.5 Å². The Labute approximate surface area is 250 Å². The summed E-state index contributed by atoms with van der Waals surface area (Å²) in [6, 6.07) is 8.33. The Bertz CT molecular complexity index is 1570. The summed E-state index contributed by atoms with van der Waals surface area (Å²) in [5.41, 5.74) is 1.86. The molecule has 6 rings (SSSR count). The summed E-state index contributed by atoms with van der Waals surface area (Å²) >= 11 is 6.25. The lowest BCUT2D eigenvalue weighted by Gasteiger charge is -2.37. The number of carbonyl (C=O) groups is 1. The molecule has 0 aliphatic carbocycles. The molecule has 11 nitrogen and oxygen atoms in total. The van der Waals surface area contributed by atoms with Crippen molar-refractivity contribution in [2.75, 3.05) is 79.8 Å². The lowest BCUT2D eigenvalue weighted by atomic mass is 9.98. The molecule has 1 N–H and O–H groups in total. The molecule has 3 aliphatic heterocycles. The molecule has 0 spiro atoms. The molecule has 1 atom stereocenters. The predicted molar refractivity (Wildman–Crippen MR) is 162 cm³/mol. The van der Waals surface area contributed by atoms with Crippen LogP contribution in [0.3, 0.4) is 0 Å². The molecule has 3 saturated heterocycles. The van der Waals surface area contributed by atoms with E-state index in [1.807, 2.05) is 10.6 Å². The minimum atomic E-state index is -3.61. The van der Waals surface area contributed by atoms with E-state index in [0.29, 0.717) is 18.1 Å². The summed E-state index contributed by atoms with van der Waals surface area (Å²) in [5, 5.41) is 5.37. The number of nitrogens with one attached hydrogen (secondary N) is 1. The summed E-state index contributed by atoms with van der Waals surface area (Å²) in [6.07, 6.45) is 4.67. The highest BCUT2D eigenvalue weighted by atomic mass is 35.5. The number of nitrogens with zero attached hydrogens (tertiary/aromatic N) is 7. The van der Waals surface area contributed by atoms with Gasteiger partial charge >= 0.3 is 0 Å². The third-order valence-corrected chi connectivity index (χ3v) is 9.13. The molecule has 5 heterocycles. The van der Waals surface area contributed by atoms with Gasteiger partial charge in [-0.2, -0.15) is 9.61 Å². The van der Waals surface area contributed by atoms with Crippen LogP contribution in [0.2, 0.25) is 5.02 Å². The number of rotatable bonds is 8. The predicted octanol–water partition coefficient (Wildman–Crippen LogP) is 3.42. The van der Waals surface area contributed by atoms with Gasteiger partial charge in [-0.25, -0.2) is 17.8 Å². The van der Waals surface area contributed by atoms with Gasteiger partial charge in [-0.1, -0.05) is 11.6 Å². The maximum absolute atomic E-state index is 14.0. The van der Waals surface area contributed by atoms with Gasteiger partial charge in [-0.3, -0.25) is 14.4 Å². The van der Waals surface area contributed by atoms with Gasteiger partial charge in [0.25, 0.3) is 5.91 Å². The van der Waals surface area contributed by atoms with Crippen LogP contribution >= 0.6 is 11.6 Å². The molecule has 3 aromatic rings. The summed E-state index contributed by atoms with van der Waals surface area (Å²) < 4.78 is 41.3. The third kappa shape index (κ3) is 6.00. The lowest BCUT2D eigenvalue weighted by Crippen LogP contribution is -2.47. The minimum absolute atomic E-state index is 0.196. The first-order chi connectivity index (χ1) is 20.2.